The first-order valence-electron chi connectivity index (χ1n) is 8.67. The fourth-order valence-electron chi connectivity index (χ4n) is 3.10. The molecule has 0 saturated carbocycles. The summed E-state index contributed by atoms with van der Waals surface area (Å²) in [5.41, 5.74) is -0.426. The zero-order valence-corrected chi connectivity index (χ0v) is 14.9. The standard InChI is InChI=1S/C17H20F3N5O2/c1-23-15(26)6-4-13(22-23)16(27)25-8-2-7-24(9-10-25)14-5-3-12(11-21-14)17(18,19)20/h3,5,11H,2,4,6-10H2,1H3. The van der Waals surface area contributed by atoms with Crippen LogP contribution in [0.3, 0.4) is 0 Å². The van der Waals surface area contributed by atoms with Crippen LogP contribution in [0, 0.1) is 0 Å². The first-order valence-corrected chi connectivity index (χ1v) is 8.67. The second-order valence-corrected chi connectivity index (χ2v) is 6.50. The van der Waals surface area contributed by atoms with Crippen molar-refractivity contribution >= 4 is 23.3 Å². The second kappa shape index (κ2) is 7.53. The highest BCUT2D eigenvalue weighted by molar-refractivity contribution is 6.39. The number of amides is 2. The number of alkyl halides is 3. The van der Waals surface area contributed by atoms with Crippen molar-refractivity contribution in [3.63, 3.8) is 0 Å². The molecule has 2 aliphatic heterocycles. The molecule has 0 N–H and O–H groups in total. The lowest BCUT2D eigenvalue weighted by atomic mass is 10.1. The van der Waals surface area contributed by atoms with Crippen molar-refractivity contribution in [3.05, 3.63) is 23.9 Å². The maximum atomic E-state index is 12.7. The van der Waals surface area contributed by atoms with Crippen molar-refractivity contribution in [1.29, 1.82) is 0 Å². The van der Waals surface area contributed by atoms with Gasteiger partial charge in [-0.05, 0) is 18.6 Å². The molecule has 1 aromatic heterocycles. The number of anilines is 1. The molecule has 0 atom stereocenters. The van der Waals surface area contributed by atoms with E-state index in [0.29, 0.717) is 50.6 Å². The second-order valence-electron chi connectivity index (χ2n) is 6.50. The molecular weight excluding hydrogens is 363 g/mol. The molecule has 0 aromatic carbocycles. The van der Waals surface area contributed by atoms with E-state index in [2.05, 4.69) is 10.1 Å². The molecule has 0 spiro atoms. The average molecular weight is 383 g/mol. The van der Waals surface area contributed by atoms with Gasteiger partial charge in [0.2, 0.25) is 5.91 Å². The van der Waals surface area contributed by atoms with E-state index in [4.69, 9.17) is 0 Å². The van der Waals surface area contributed by atoms with E-state index < -0.39 is 11.7 Å². The summed E-state index contributed by atoms with van der Waals surface area (Å²) in [7, 11) is 1.52. The minimum Gasteiger partial charge on any atom is -0.355 e. The first-order chi connectivity index (χ1) is 12.8. The fourth-order valence-corrected chi connectivity index (χ4v) is 3.10. The summed E-state index contributed by atoms with van der Waals surface area (Å²) in [5, 5.41) is 5.24. The Balaban J connectivity index is 1.64. The van der Waals surface area contributed by atoms with Crippen molar-refractivity contribution in [2.75, 3.05) is 38.1 Å². The summed E-state index contributed by atoms with van der Waals surface area (Å²) in [5.74, 6) is 0.135. The average Bonchev–Trinajstić information content (AvgIpc) is 2.89. The molecule has 10 heteroatoms. The molecule has 1 saturated heterocycles. The zero-order chi connectivity index (χ0) is 19.6. The highest BCUT2D eigenvalue weighted by Crippen LogP contribution is 2.29. The Morgan fingerprint density at radius 1 is 1.11 bits per heavy atom. The Bertz CT molecular complexity index is 748. The third kappa shape index (κ3) is 4.37. The third-order valence-corrected chi connectivity index (χ3v) is 4.64. The van der Waals surface area contributed by atoms with E-state index in [1.807, 2.05) is 4.90 Å². The SMILES string of the molecule is CN1N=C(C(=O)N2CCCN(c3ccc(C(F)(F)F)cn3)CC2)CCC1=O. The monoisotopic (exact) mass is 383 g/mol. The molecule has 1 fully saturated rings. The van der Waals surface area contributed by atoms with Crippen LogP contribution in [-0.4, -0.2) is 65.6 Å². The molecule has 0 unspecified atom stereocenters. The fraction of sp³-hybridized carbons (Fsp3) is 0.529. The molecule has 0 bridgehead atoms. The van der Waals surface area contributed by atoms with Crippen LogP contribution >= 0.6 is 0 Å². The number of rotatable bonds is 2. The van der Waals surface area contributed by atoms with Crippen LogP contribution in [0.1, 0.15) is 24.8 Å². The van der Waals surface area contributed by atoms with Gasteiger partial charge in [0.15, 0.2) is 0 Å². The van der Waals surface area contributed by atoms with E-state index in [9.17, 15) is 22.8 Å². The van der Waals surface area contributed by atoms with Crippen LogP contribution < -0.4 is 4.90 Å². The zero-order valence-electron chi connectivity index (χ0n) is 14.9. The van der Waals surface area contributed by atoms with Crippen molar-refractivity contribution < 1.29 is 22.8 Å². The molecule has 0 radical (unpaired) electrons. The number of hydrazone groups is 1. The Morgan fingerprint density at radius 3 is 2.52 bits per heavy atom. The predicted molar refractivity (Wildman–Crippen MR) is 92.1 cm³/mol. The summed E-state index contributed by atoms with van der Waals surface area (Å²) in [4.78, 5) is 31.6. The summed E-state index contributed by atoms with van der Waals surface area (Å²) in [6, 6.07) is 2.37. The lowest BCUT2D eigenvalue weighted by molar-refractivity contribution is -0.138. The number of nitrogens with zero attached hydrogens (tertiary/aromatic N) is 5. The number of aromatic nitrogens is 1. The minimum atomic E-state index is -4.41. The van der Waals surface area contributed by atoms with Gasteiger partial charge in [0.1, 0.15) is 11.5 Å². The minimum absolute atomic E-state index is 0.123. The van der Waals surface area contributed by atoms with Gasteiger partial charge in [-0.2, -0.15) is 18.3 Å². The van der Waals surface area contributed by atoms with Crippen molar-refractivity contribution in [2.45, 2.75) is 25.4 Å². The third-order valence-electron chi connectivity index (χ3n) is 4.64. The van der Waals surface area contributed by atoms with Gasteiger partial charge in [-0.15, -0.1) is 0 Å². The maximum absolute atomic E-state index is 12.7. The molecule has 3 heterocycles. The van der Waals surface area contributed by atoms with E-state index >= 15 is 0 Å². The summed E-state index contributed by atoms with van der Waals surface area (Å²) in [6.07, 6.45) is -2.34. The van der Waals surface area contributed by atoms with Crippen LogP contribution in [0.5, 0.6) is 0 Å². The number of carbonyl (C=O) groups excluding carboxylic acids is 2. The van der Waals surface area contributed by atoms with Gasteiger partial charge in [-0.1, -0.05) is 0 Å². The molecule has 2 amide bonds. The molecule has 146 valence electrons. The van der Waals surface area contributed by atoms with Gasteiger partial charge in [-0.3, -0.25) is 9.59 Å². The van der Waals surface area contributed by atoms with E-state index in [1.54, 1.807) is 4.90 Å². The van der Waals surface area contributed by atoms with Gasteiger partial charge in [0, 0.05) is 52.3 Å². The Kier molecular flexibility index (Phi) is 5.33. The topological polar surface area (TPSA) is 69.1 Å². The van der Waals surface area contributed by atoms with Gasteiger partial charge in [0.05, 0.1) is 5.56 Å². The number of hydrogen-bond acceptors (Lipinski definition) is 5. The van der Waals surface area contributed by atoms with Crippen LogP contribution in [0.2, 0.25) is 0 Å². The Morgan fingerprint density at radius 2 is 1.89 bits per heavy atom. The lowest BCUT2D eigenvalue weighted by Gasteiger charge is -2.25. The van der Waals surface area contributed by atoms with Crippen LogP contribution in [0.4, 0.5) is 19.0 Å². The molecule has 3 rings (SSSR count). The first kappa shape index (κ1) is 19.1. The molecule has 7 nitrogen and oxygen atoms in total. The highest BCUT2D eigenvalue weighted by atomic mass is 19.4. The van der Waals surface area contributed by atoms with Crippen molar-refractivity contribution in [3.8, 4) is 0 Å². The van der Waals surface area contributed by atoms with Gasteiger partial charge < -0.3 is 9.80 Å². The highest BCUT2D eigenvalue weighted by Gasteiger charge is 2.31. The van der Waals surface area contributed by atoms with Crippen molar-refractivity contribution in [1.82, 2.24) is 14.9 Å². The molecule has 27 heavy (non-hydrogen) atoms. The summed E-state index contributed by atoms with van der Waals surface area (Å²) < 4.78 is 38.0. The Labute approximate surface area is 154 Å². The predicted octanol–water partition coefficient (Wildman–Crippen LogP) is 1.75. The Hall–Kier alpha value is -2.65. The van der Waals surface area contributed by atoms with Gasteiger partial charge in [0.25, 0.3) is 5.91 Å². The van der Waals surface area contributed by atoms with Crippen LogP contribution in [-0.2, 0) is 15.8 Å². The van der Waals surface area contributed by atoms with E-state index in [1.165, 1.54) is 18.1 Å². The number of pyridine rings is 1. The van der Waals surface area contributed by atoms with Gasteiger partial charge in [-0.25, -0.2) is 9.99 Å². The number of carbonyl (C=O) groups is 2. The molecular formula is C17H20F3N5O2. The molecule has 0 aliphatic carbocycles. The van der Waals surface area contributed by atoms with Gasteiger partial charge >= 0.3 is 6.18 Å². The summed E-state index contributed by atoms with van der Waals surface area (Å²) in [6.45, 7) is 1.99. The molecule has 1 aromatic rings. The lowest BCUT2D eigenvalue weighted by Crippen LogP contribution is -2.42. The number of halogens is 3. The van der Waals surface area contributed by atoms with E-state index in [0.717, 1.165) is 12.3 Å². The van der Waals surface area contributed by atoms with Crippen LogP contribution in [0.15, 0.2) is 23.4 Å². The molecule has 2 aliphatic rings. The largest absolute Gasteiger partial charge is 0.417 e. The van der Waals surface area contributed by atoms with Crippen molar-refractivity contribution in [2.24, 2.45) is 5.10 Å². The maximum Gasteiger partial charge on any atom is 0.417 e. The van der Waals surface area contributed by atoms with Crippen LogP contribution in [0.25, 0.3) is 0 Å². The number of hydrogen-bond donors (Lipinski definition) is 0. The normalized spacial score (nSPS) is 19.0. The quantitative estimate of drug-likeness (QED) is 0.780. The smallest absolute Gasteiger partial charge is 0.355 e. The van der Waals surface area contributed by atoms with E-state index in [-0.39, 0.29) is 18.2 Å². The summed E-state index contributed by atoms with van der Waals surface area (Å²) >= 11 is 0.